The van der Waals surface area contributed by atoms with Crippen LogP contribution in [0.2, 0.25) is 0 Å². The Labute approximate surface area is 127 Å². The fraction of sp³-hybridized carbons (Fsp3) is 0. The first-order valence-corrected chi connectivity index (χ1v) is 7.17. The summed E-state index contributed by atoms with van der Waals surface area (Å²) in [5.41, 5.74) is 1.59. The maximum absolute atomic E-state index is 10.5. The molecule has 2 nitrogen and oxygen atoms in total. The van der Waals surface area contributed by atoms with Gasteiger partial charge >= 0.3 is 0 Å². The third-order valence-electron chi connectivity index (χ3n) is 4.06. The van der Waals surface area contributed by atoms with Gasteiger partial charge in [-0.15, -0.1) is 0 Å². The Balaban J connectivity index is 2.19. The zero-order valence-electron chi connectivity index (χ0n) is 11.8. The van der Waals surface area contributed by atoms with Gasteiger partial charge in [0.15, 0.2) is 11.5 Å². The van der Waals surface area contributed by atoms with E-state index in [2.05, 4.69) is 0 Å². The standard InChI is InChI=1S/C20H14O2/c21-18-12-14-7-2-4-10-16(14)19(20(18)22)17-11-5-8-13-6-1-3-9-15(13)17/h1-12,21-22H. The molecule has 0 radical (unpaired) electrons. The Kier molecular flexibility index (Phi) is 2.76. The summed E-state index contributed by atoms with van der Waals surface area (Å²) in [4.78, 5) is 0. The number of phenols is 2. The zero-order valence-corrected chi connectivity index (χ0v) is 11.8. The largest absolute Gasteiger partial charge is 0.504 e. The summed E-state index contributed by atoms with van der Waals surface area (Å²) in [6.07, 6.45) is 0. The van der Waals surface area contributed by atoms with E-state index < -0.39 is 0 Å². The molecule has 0 aromatic heterocycles. The van der Waals surface area contributed by atoms with Gasteiger partial charge in [0, 0.05) is 5.56 Å². The van der Waals surface area contributed by atoms with E-state index in [0.717, 1.165) is 27.1 Å². The summed E-state index contributed by atoms with van der Waals surface area (Å²) >= 11 is 0. The van der Waals surface area contributed by atoms with E-state index >= 15 is 0 Å². The topological polar surface area (TPSA) is 40.5 Å². The predicted molar refractivity (Wildman–Crippen MR) is 90.2 cm³/mol. The van der Waals surface area contributed by atoms with Crippen molar-refractivity contribution in [3.63, 3.8) is 0 Å². The minimum Gasteiger partial charge on any atom is -0.504 e. The van der Waals surface area contributed by atoms with Gasteiger partial charge in [0.05, 0.1) is 0 Å². The molecule has 2 heteroatoms. The minimum atomic E-state index is -0.0957. The highest BCUT2D eigenvalue weighted by Crippen LogP contribution is 2.44. The van der Waals surface area contributed by atoms with Crippen molar-refractivity contribution in [1.82, 2.24) is 0 Å². The van der Waals surface area contributed by atoms with Crippen LogP contribution in [0.1, 0.15) is 0 Å². The highest BCUT2D eigenvalue weighted by Gasteiger charge is 2.15. The lowest BCUT2D eigenvalue weighted by atomic mass is 9.93. The molecule has 22 heavy (non-hydrogen) atoms. The van der Waals surface area contributed by atoms with Crippen LogP contribution in [0, 0.1) is 0 Å². The number of fused-ring (bicyclic) bond motifs is 2. The molecule has 0 amide bonds. The van der Waals surface area contributed by atoms with Crippen LogP contribution in [-0.4, -0.2) is 10.2 Å². The molecule has 0 heterocycles. The van der Waals surface area contributed by atoms with Crippen molar-refractivity contribution in [3.8, 4) is 22.6 Å². The van der Waals surface area contributed by atoms with Crippen LogP contribution >= 0.6 is 0 Å². The third-order valence-corrected chi connectivity index (χ3v) is 4.06. The van der Waals surface area contributed by atoms with Gasteiger partial charge in [-0.2, -0.15) is 0 Å². The molecule has 4 aromatic rings. The molecule has 0 aliphatic rings. The van der Waals surface area contributed by atoms with Crippen molar-refractivity contribution in [1.29, 1.82) is 0 Å². The van der Waals surface area contributed by atoms with E-state index in [4.69, 9.17) is 0 Å². The molecule has 2 N–H and O–H groups in total. The maximum Gasteiger partial charge on any atom is 0.166 e. The van der Waals surface area contributed by atoms with Crippen LogP contribution in [0.15, 0.2) is 72.8 Å². The molecule has 0 spiro atoms. The van der Waals surface area contributed by atoms with Crippen LogP contribution in [-0.2, 0) is 0 Å². The number of hydrogen-bond donors (Lipinski definition) is 2. The molecule has 4 aromatic carbocycles. The molecule has 0 fully saturated rings. The molecule has 4 rings (SSSR count). The Morgan fingerprint density at radius 3 is 2.05 bits per heavy atom. The molecule has 0 aliphatic carbocycles. The van der Waals surface area contributed by atoms with Crippen molar-refractivity contribution in [3.05, 3.63) is 72.8 Å². The first-order valence-electron chi connectivity index (χ1n) is 7.17. The first kappa shape index (κ1) is 12.7. The van der Waals surface area contributed by atoms with E-state index in [-0.39, 0.29) is 11.5 Å². The van der Waals surface area contributed by atoms with Crippen LogP contribution in [0.5, 0.6) is 11.5 Å². The number of benzene rings is 4. The van der Waals surface area contributed by atoms with Gasteiger partial charge < -0.3 is 10.2 Å². The molecule has 0 bridgehead atoms. The van der Waals surface area contributed by atoms with Gasteiger partial charge in [-0.25, -0.2) is 0 Å². The molecule has 0 saturated carbocycles. The molecule has 0 saturated heterocycles. The summed E-state index contributed by atoms with van der Waals surface area (Å²) in [5, 5.41) is 24.5. The van der Waals surface area contributed by atoms with Crippen molar-refractivity contribution < 1.29 is 10.2 Å². The Morgan fingerprint density at radius 2 is 1.23 bits per heavy atom. The van der Waals surface area contributed by atoms with Crippen LogP contribution in [0.4, 0.5) is 0 Å². The molecule has 106 valence electrons. The highest BCUT2D eigenvalue weighted by atomic mass is 16.3. The van der Waals surface area contributed by atoms with Crippen molar-refractivity contribution in [2.45, 2.75) is 0 Å². The lowest BCUT2D eigenvalue weighted by Crippen LogP contribution is -1.86. The Hall–Kier alpha value is -3.00. The fourth-order valence-electron chi connectivity index (χ4n) is 3.04. The van der Waals surface area contributed by atoms with E-state index in [1.165, 1.54) is 0 Å². The molecule has 0 unspecified atom stereocenters. The van der Waals surface area contributed by atoms with Crippen LogP contribution in [0.3, 0.4) is 0 Å². The predicted octanol–water partition coefficient (Wildman–Crippen LogP) is 5.07. The maximum atomic E-state index is 10.5. The average molecular weight is 286 g/mol. The van der Waals surface area contributed by atoms with Gasteiger partial charge in [-0.1, -0.05) is 66.7 Å². The third kappa shape index (κ3) is 1.81. The van der Waals surface area contributed by atoms with Gasteiger partial charge in [0.25, 0.3) is 0 Å². The second-order valence-corrected chi connectivity index (χ2v) is 5.37. The number of rotatable bonds is 1. The van der Waals surface area contributed by atoms with Crippen molar-refractivity contribution in [2.24, 2.45) is 0 Å². The van der Waals surface area contributed by atoms with E-state index in [1.807, 2.05) is 66.7 Å². The Morgan fingerprint density at radius 1 is 0.591 bits per heavy atom. The lowest BCUT2D eigenvalue weighted by Gasteiger charge is -2.13. The summed E-state index contributed by atoms with van der Waals surface area (Å²) in [5.74, 6) is -0.170. The minimum absolute atomic E-state index is 0.0740. The van der Waals surface area contributed by atoms with Gasteiger partial charge in [-0.05, 0) is 33.2 Å². The summed E-state index contributed by atoms with van der Waals surface area (Å²) in [6, 6.07) is 23.4. The van der Waals surface area contributed by atoms with E-state index in [1.54, 1.807) is 6.07 Å². The SMILES string of the molecule is Oc1cc2ccccc2c(-c2cccc3ccccc23)c1O. The second kappa shape index (κ2) is 4.78. The Bertz CT molecular complexity index is 998. The summed E-state index contributed by atoms with van der Waals surface area (Å²) < 4.78 is 0. The van der Waals surface area contributed by atoms with Crippen molar-refractivity contribution in [2.75, 3.05) is 0 Å². The van der Waals surface area contributed by atoms with E-state index in [0.29, 0.717) is 5.56 Å². The molecular formula is C20H14O2. The zero-order chi connectivity index (χ0) is 15.1. The smallest absolute Gasteiger partial charge is 0.166 e. The van der Waals surface area contributed by atoms with Gasteiger partial charge in [0.2, 0.25) is 0 Å². The van der Waals surface area contributed by atoms with Crippen LogP contribution < -0.4 is 0 Å². The van der Waals surface area contributed by atoms with Gasteiger partial charge in [0.1, 0.15) is 0 Å². The number of phenolic OH excluding ortho intramolecular Hbond substituents is 2. The fourth-order valence-corrected chi connectivity index (χ4v) is 3.04. The average Bonchev–Trinajstić information content (AvgIpc) is 2.56. The molecule has 0 atom stereocenters. The van der Waals surface area contributed by atoms with E-state index in [9.17, 15) is 10.2 Å². The number of aromatic hydroxyl groups is 2. The molecule has 0 aliphatic heterocycles. The first-order chi connectivity index (χ1) is 10.8. The number of hydrogen-bond acceptors (Lipinski definition) is 2. The highest BCUT2D eigenvalue weighted by molar-refractivity contribution is 6.08. The second-order valence-electron chi connectivity index (χ2n) is 5.37. The lowest BCUT2D eigenvalue weighted by molar-refractivity contribution is 0.406. The van der Waals surface area contributed by atoms with Gasteiger partial charge in [-0.3, -0.25) is 0 Å². The van der Waals surface area contributed by atoms with Crippen molar-refractivity contribution >= 4 is 21.5 Å². The monoisotopic (exact) mass is 286 g/mol. The van der Waals surface area contributed by atoms with Crippen LogP contribution in [0.25, 0.3) is 32.7 Å². The normalized spacial score (nSPS) is 11.1. The summed E-state index contributed by atoms with van der Waals surface area (Å²) in [7, 11) is 0. The molecular weight excluding hydrogens is 272 g/mol. The summed E-state index contributed by atoms with van der Waals surface area (Å²) in [6.45, 7) is 0. The quantitative estimate of drug-likeness (QED) is 0.479.